The number of nitrogens with zero attached hydrogens (tertiary/aromatic N) is 2. The molecule has 0 radical (unpaired) electrons. The van der Waals surface area contributed by atoms with Gasteiger partial charge in [0.15, 0.2) is 0 Å². The summed E-state index contributed by atoms with van der Waals surface area (Å²) in [5.74, 6) is -0.473. The van der Waals surface area contributed by atoms with Gasteiger partial charge in [-0.15, -0.1) is 12.4 Å². The molecule has 116 valence electrons. The molecule has 2 aromatic carbocycles. The highest BCUT2D eigenvalue weighted by molar-refractivity contribution is 6.31. The maximum Gasteiger partial charge on any atom is 0.312 e. The lowest BCUT2D eigenvalue weighted by molar-refractivity contribution is -0.385. The minimum Gasteiger partial charge on any atom is -0.502 e. The van der Waals surface area contributed by atoms with Crippen molar-refractivity contribution in [2.24, 2.45) is 5.10 Å². The Kier molecular flexibility index (Phi) is 6.15. The van der Waals surface area contributed by atoms with Crippen LogP contribution in [0.15, 0.2) is 41.5 Å². The fourth-order valence-electron chi connectivity index (χ4n) is 1.65. The summed E-state index contributed by atoms with van der Waals surface area (Å²) in [6.07, 6.45) is 1.27. The molecule has 2 N–H and O–H groups in total. The molecule has 0 amide bonds. The molecule has 2 rings (SSSR count). The first-order valence-corrected chi connectivity index (χ1v) is 6.38. The van der Waals surface area contributed by atoms with Crippen molar-refractivity contribution in [3.63, 3.8) is 0 Å². The Morgan fingerprint density at radius 3 is 2.55 bits per heavy atom. The summed E-state index contributed by atoms with van der Waals surface area (Å²) < 4.78 is 0. The number of phenols is 1. The van der Waals surface area contributed by atoms with Gasteiger partial charge in [-0.1, -0.05) is 29.3 Å². The van der Waals surface area contributed by atoms with Crippen molar-refractivity contribution in [2.75, 3.05) is 5.43 Å². The Morgan fingerprint density at radius 1 is 1.32 bits per heavy atom. The average Bonchev–Trinajstić information content (AvgIpc) is 2.44. The number of anilines is 1. The lowest BCUT2D eigenvalue weighted by atomic mass is 10.2. The van der Waals surface area contributed by atoms with Crippen molar-refractivity contribution in [1.29, 1.82) is 0 Å². The number of hydrazone groups is 1. The van der Waals surface area contributed by atoms with E-state index in [-0.39, 0.29) is 23.0 Å². The van der Waals surface area contributed by atoms with Gasteiger partial charge in [0.05, 0.1) is 16.8 Å². The van der Waals surface area contributed by atoms with Crippen LogP contribution >= 0.6 is 24.0 Å². The van der Waals surface area contributed by atoms with Gasteiger partial charge in [0.1, 0.15) is 0 Å². The fraction of sp³-hybridized carbons (Fsp3) is 0.0714. The van der Waals surface area contributed by atoms with Crippen LogP contribution in [0.1, 0.15) is 11.1 Å². The fourth-order valence-corrected chi connectivity index (χ4v) is 1.87. The third-order valence-electron chi connectivity index (χ3n) is 2.73. The van der Waals surface area contributed by atoms with Gasteiger partial charge in [-0.2, -0.15) is 5.10 Å². The molecule has 0 bridgehead atoms. The second-order valence-electron chi connectivity index (χ2n) is 4.36. The number of hydrogen-bond acceptors (Lipinski definition) is 5. The Hall–Kier alpha value is -2.31. The zero-order valence-corrected chi connectivity index (χ0v) is 13.1. The van der Waals surface area contributed by atoms with Gasteiger partial charge in [-0.25, -0.2) is 0 Å². The summed E-state index contributed by atoms with van der Waals surface area (Å²) in [4.78, 5) is 10.1. The number of benzene rings is 2. The Balaban J connectivity index is 0.00000242. The van der Waals surface area contributed by atoms with Gasteiger partial charge < -0.3 is 5.11 Å². The molecule has 2 aromatic rings. The van der Waals surface area contributed by atoms with E-state index in [2.05, 4.69) is 10.5 Å². The van der Waals surface area contributed by atoms with E-state index in [4.69, 9.17) is 11.6 Å². The molecular formula is C14H13Cl2N3O3. The Labute approximate surface area is 138 Å². The molecule has 0 aromatic heterocycles. The van der Waals surface area contributed by atoms with Crippen molar-refractivity contribution in [2.45, 2.75) is 6.92 Å². The summed E-state index contributed by atoms with van der Waals surface area (Å²) in [5, 5.41) is 24.7. The first kappa shape index (κ1) is 17.7. The number of aryl methyl sites for hydroxylation is 1. The van der Waals surface area contributed by atoms with Crippen LogP contribution in [0.5, 0.6) is 5.75 Å². The Morgan fingerprint density at radius 2 is 1.95 bits per heavy atom. The highest BCUT2D eigenvalue weighted by Crippen LogP contribution is 2.32. The molecule has 0 atom stereocenters. The molecule has 0 saturated heterocycles. The van der Waals surface area contributed by atoms with Crippen molar-refractivity contribution in [3.8, 4) is 5.75 Å². The maximum absolute atomic E-state index is 10.8. The molecule has 0 saturated carbocycles. The van der Waals surface area contributed by atoms with E-state index in [1.54, 1.807) is 0 Å². The molecule has 8 heteroatoms. The number of hydrogen-bond donors (Lipinski definition) is 2. The second-order valence-corrected chi connectivity index (χ2v) is 4.79. The molecule has 22 heavy (non-hydrogen) atoms. The van der Waals surface area contributed by atoms with E-state index in [0.717, 1.165) is 17.3 Å². The molecular weight excluding hydrogens is 329 g/mol. The third kappa shape index (κ3) is 4.34. The van der Waals surface area contributed by atoms with Gasteiger partial charge >= 0.3 is 5.69 Å². The third-order valence-corrected chi connectivity index (χ3v) is 2.95. The summed E-state index contributed by atoms with van der Waals surface area (Å²) >= 11 is 5.78. The molecule has 6 nitrogen and oxygen atoms in total. The predicted octanol–water partition coefficient (Wildman–Crippen LogP) is 4.13. The highest BCUT2D eigenvalue weighted by Gasteiger charge is 2.17. The number of halogens is 2. The number of phenolic OH excluding ortho intramolecular Hbond substituents is 1. The van der Waals surface area contributed by atoms with Crippen molar-refractivity contribution in [3.05, 3.63) is 62.7 Å². The number of rotatable bonds is 4. The van der Waals surface area contributed by atoms with Crippen LogP contribution in [0.4, 0.5) is 11.4 Å². The van der Waals surface area contributed by atoms with E-state index in [1.165, 1.54) is 12.3 Å². The quantitative estimate of drug-likeness (QED) is 0.497. The van der Waals surface area contributed by atoms with Crippen LogP contribution in [-0.4, -0.2) is 16.2 Å². The highest BCUT2D eigenvalue weighted by atomic mass is 35.5. The van der Waals surface area contributed by atoms with Gasteiger partial charge in [-0.3, -0.25) is 15.5 Å². The number of aromatic hydroxyl groups is 1. The lowest BCUT2D eigenvalue weighted by Gasteiger charge is -2.03. The summed E-state index contributed by atoms with van der Waals surface area (Å²) in [5.41, 5.74) is 4.34. The van der Waals surface area contributed by atoms with Gasteiger partial charge in [0.25, 0.3) is 0 Å². The SMILES string of the molecule is Cc1ccc(NN=Cc2cc(Cl)cc([N+](=O)[O-])c2O)cc1.Cl. The molecule has 0 aliphatic rings. The number of nitro groups is 1. The predicted molar refractivity (Wildman–Crippen MR) is 89.4 cm³/mol. The monoisotopic (exact) mass is 341 g/mol. The molecule has 0 fully saturated rings. The van der Waals surface area contributed by atoms with Gasteiger partial charge in [-0.05, 0) is 25.1 Å². The number of nitrogens with one attached hydrogen (secondary N) is 1. The van der Waals surface area contributed by atoms with Crippen LogP contribution in [0.25, 0.3) is 0 Å². The standard InChI is InChI=1S/C14H12ClN3O3.ClH/c1-9-2-4-12(5-3-9)17-16-8-10-6-11(15)7-13(14(10)19)18(20)21;/h2-8,17,19H,1H3;1H. The first-order chi connectivity index (χ1) is 9.97. The van der Waals surface area contributed by atoms with Crippen molar-refractivity contribution >= 4 is 41.6 Å². The summed E-state index contributed by atoms with van der Waals surface area (Å²) in [6.45, 7) is 1.97. The second kappa shape index (κ2) is 7.63. The van der Waals surface area contributed by atoms with Gasteiger partial charge in [0.2, 0.25) is 5.75 Å². The first-order valence-electron chi connectivity index (χ1n) is 6.00. The van der Waals surface area contributed by atoms with Crippen LogP contribution in [-0.2, 0) is 0 Å². The van der Waals surface area contributed by atoms with Crippen LogP contribution < -0.4 is 5.43 Å². The zero-order valence-electron chi connectivity index (χ0n) is 11.5. The minimum atomic E-state index is -0.702. The van der Waals surface area contributed by atoms with E-state index in [1.807, 2.05) is 31.2 Å². The van der Waals surface area contributed by atoms with Crippen LogP contribution in [0, 0.1) is 17.0 Å². The molecule has 0 heterocycles. The van der Waals surface area contributed by atoms with Crippen molar-refractivity contribution < 1.29 is 10.0 Å². The smallest absolute Gasteiger partial charge is 0.312 e. The van der Waals surface area contributed by atoms with E-state index < -0.39 is 16.4 Å². The molecule has 0 unspecified atom stereocenters. The van der Waals surface area contributed by atoms with E-state index in [9.17, 15) is 15.2 Å². The van der Waals surface area contributed by atoms with E-state index >= 15 is 0 Å². The minimum absolute atomic E-state index is 0. The van der Waals surface area contributed by atoms with Crippen LogP contribution in [0.2, 0.25) is 5.02 Å². The van der Waals surface area contributed by atoms with Crippen LogP contribution in [0.3, 0.4) is 0 Å². The largest absolute Gasteiger partial charge is 0.502 e. The summed E-state index contributed by atoms with van der Waals surface area (Å²) in [6, 6.07) is 9.99. The topological polar surface area (TPSA) is 87.8 Å². The van der Waals surface area contributed by atoms with Crippen molar-refractivity contribution in [1.82, 2.24) is 0 Å². The normalized spacial score (nSPS) is 10.3. The molecule has 0 aliphatic heterocycles. The van der Waals surface area contributed by atoms with E-state index in [0.29, 0.717) is 0 Å². The average molecular weight is 342 g/mol. The summed E-state index contributed by atoms with van der Waals surface area (Å²) in [7, 11) is 0. The lowest BCUT2D eigenvalue weighted by Crippen LogP contribution is -1.94. The maximum atomic E-state index is 10.8. The number of nitro benzene ring substituents is 1. The molecule has 0 aliphatic carbocycles. The Bertz CT molecular complexity index is 703. The molecule has 0 spiro atoms. The zero-order chi connectivity index (χ0) is 15.4. The van der Waals surface area contributed by atoms with Gasteiger partial charge in [0, 0.05) is 16.7 Å².